The largest absolute Gasteiger partial charge is 0.352 e. The van der Waals surface area contributed by atoms with Gasteiger partial charge in [0.05, 0.1) is 17.4 Å². The first-order valence-corrected chi connectivity index (χ1v) is 10.1. The van der Waals surface area contributed by atoms with E-state index in [0.717, 1.165) is 0 Å². The molecule has 0 spiro atoms. The molecule has 2 amide bonds. The minimum atomic E-state index is -0.208. The normalized spacial score (nSPS) is 10.8. The zero-order valence-corrected chi connectivity index (χ0v) is 16.4. The van der Waals surface area contributed by atoms with Crippen LogP contribution in [0.4, 0.5) is 0 Å². The van der Waals surface area contributed by atoms with Gasteiger partial charge in [-0.1, -0.05) is 12.1 Å². The molecule has 0 saturated carbocycles. The summed E-state index contributed by atoms with van der Waals surface area (Å²) in [5.74, 6) is 0.298. The molecule has 0 unspecified atom stereocenters. The minimum absolute atomic E-state index is 0.0388. The third-order valence-electron chi connectivity index (χ3n) is 4.37. The van der Waals surface area contributed by atoms with Gasteiger partial charge in [-0.15, -0.1) is 0 Å². The lowest BCUT2D eigenvalue weighted by Gasteiger charge is -2.20. The van der Waals surface area contributed by atoms with Crippen molar-refractivity contribution in [3.63, 3.8) is 0 Å². The molecule has 0 radical (unpaired) electrons. The molecular formula is C20H22N4O3S. The van der Waals surface area contributed by atoms with Crippen LogP contribution < -0.4 is 10.9 Å². The highest BCUT2D eigenvalue weighted by Gasteiger charge is 2.14. The van der Waals surface area contributed by atoms with E-state index in [1.165, 1.54) is 11.3 Å². The van der Waals surface area contributed by atoms with Crippen molar-refractivity contribution in [2.24, 2.45) is 0 Å². The van der Waals surface area contributed by atoms with Crippen LogP contribution in [0.3, 0.4) is 0 Å². The van der Waals surface area contributed by atoms with E-state index in [1.54, 1.807) is 34.5 Å². The molecule has 0 aliphatic heterocycles. The first kappa shape index (κ1) is 19.8. The van der Waals surface area contributed by atoms with E-state index in [4.69, 9.17) is 0 Å². The number of benzene rings is 1. The number of thiophene rings is 1. The summed E-state index contributed by atoms with van der Waals surface area (Å²) in [6.07, 6.45) is 0.864. The van der Waals surface area contributed by atoms with Crippen LogP contribution in [-0.4, -0.2) is 39.8 Å². The van der Waals surface area contributed by atoms with Gasteiger partial charge in [0.15, 0.2) is 0 Å². The van der Waals surface area contributed by atoms with Crippen LogP contribution in [0.2, 0.25) is 0 Å². The van der Waals surface area contributed by atoms with Gasteiger partial charge < -0.3 is 15.2 Å². The zero-order valence-electron chi connectivity index (χ0n) is 15.6. The van der Waals surface area contributed by atoms with Crippen LogP contribution >= 0.6 is 11.3 Å². The Morgan fingerprint density at radius 1 is 1.25 bits per heavy atom. The van der Waals surface area contributed by atoms with Crippen molar-refractivity contribution in [3.8, 4) is 0 Å². The topological polar surface area (TPSA) is 95.2 Å². The number of carbonyl (C=O) groups excluding carboxylic acids is 2. The van der Waals surface area contributed by atoms with Crippen molar-refractivity contribution >= 4 is 34.1 Å². The molecule has 0 aliphatic rings. The van der Waals surface area contributed by atoms with Gasteiger partial charge in [-0.2, -0.15) is 11.3 Å². The molecule has 2 heterocycles. The van der Waals surface area contributed by atoms with Crippen LogP contribution in [0, 0.1) is 0 Å². The number of fused-ring (bicyclic) bond motifs is 1. The standard InChI is InChI=1S/C20H22N4O3S/c1-2-24(12-17-22-16-7-4-3-6-15(16)20(27)23-17)18(25)8-5-10-21-19(26)14-9-11-28-13-14/h3-4,6-7,9,11,13H,2,5,8,10,12H2,1H3,(H,21,26)(H,22,23,27). The van der Waals surface area contributed by atoms with E-state index in [0.29, 0.717) is 48.2 Å². The fourth-order valence-corrected chi connectivity index (χ4v) is 3.50. The van der Waals surface area contributed by atoms with Crippen LogP contribution in [0.1, 0.15) is 35.9 Å². The summed E-state index contributed by atoms with van der Waals surface area (Å²) in [6, 6.07) is 8.88. The van der Waals surface area contributed by atoms with Gasteiger partial charge in [0.25, 0.3) is 11.5 Å². The monoisotopic (exact) mass is 398 g/mol. The van der Waals surface area contributed by atoms with Crippen molar-refractivity contribution in [2.45, 2.75) is 26.3 Å². The second kappa shape index (κ2) is 9.27. The summed E-state index contributed by atoms with van der Waals surface area (Å²) in [5.41, 5.74) is 1.04. The van der Waals surface area contributed by atoms with Gasteiger partial charge in [-0.05, 0) is 36.9 Å². The average molecular weight is 398 g/mol. The maximum absolute atomic E-state index is 12.5. The maximum Gasteiger partial charge on any atom is 0.258 e. The van der Waals surface area contributed by atoms with Gasteiger partial charge >= 0.3 is 0 Å². The molecule has 28 heavy (non-hydrogen) atoms. The fraction of sp³-hybridized carbons (Fsp3) is 0.300. The molecule has 7 nitrogen and oxygen atoms in total. The number of hydrogen-bond donors (Lipinski definition) is 2. The summed E-state index contributed by atoms with van der Waals surface area (Å²) in [5, 5.41) is 6.98. The molecule has 0 saturated heterocycles. The Hall–Kier alpha value is -3.00. The number of amides is 2. The molecular weight excluding hydrogens is 376 g/mol. The first-order chi connectivity index (χ1) is 13.6. The number of rotatable bonds is 8. The van der Waals surface area contributed by atoms with E-state index >= 15 is 0 Å². The van der Waals surface area contributed by atoms with Gasteiger partial charge in [0.2, 0.25) is 5.91 Å². The molecule has 0 bridgehead atoms. The summed E-state index contributed by atoms with van der Waals surface area (Å²) >= 11 is 1.47. The summed E-state index contributed by atoms with van der Waals surface area (Å²) in [6.45, 7) is 3.08. The van der Waals surface area contributed by atoms with Crippen LogP contribution in [0.15, 0.2) is 45.9 Å². The Kier molecular flexibility index (Phi) is 6.54. The van der Waals surface area contributed by atoms with Crippen molar-refractivity contribution in [1.82, 2.24) is 20.2 Å². The SMILES string of the molecule is CCN(Cc1nc2ccccc2c(=O)[nH]1)C(=O)CCCNC(=O)c1ccsc1. The van der Waals surface area contributed by atoms with E-state index in [2.05, 4.69) is 15.3 Å². The summed E-state index contributed by atoms with van der Waals surface area (Å²) in [7, 11) is 0. The second-order valence-electron chi connectivity index (χ2n) is 6.31. The molecule has 0 aliphatic carbocycles. The molecule has 146 valence electrons. The molecule has 8 heteroatoms. The zero-order chi connectivity index (χ0) is 19.9. The quantitative estimate of drug-likeness (QED) is 0.570. The molecule has 3 rings (SSSR count). The highest BCUT2D eigenvalue weighted by molar-refractivity contribution is 7.08. The predicted molar refractivity (Wildman–Crippen MR) is 109 cm³/mol. The molecule has 2 N–H and O–H groups in total. The molecule has 0 fully saturated rings. The molecule has 2 aromatic heterocycles. The third kappa shape index (κ3) is 4.83. The fourth-order valence-electron chi connectivity index (χ4n) is 2.86. The Bertz CT molecular complexity index is 1010. The number of aromatic amines is 1. The van der Waals surface area contributed by atoms with Gasteiger partial charge in [-0.25, -0.2) is 4.98 Å². The lowest BCUT2D eigenvalue weighted by molar-refractivity contribution is -0.131. The van der Waals surface area contributed by atoms with E-state index in [-0.39, 0.29) is 23.9 Å². The van der Waals surface area contributed by atoms with Crippen molar-refractivity contribution in [2.75, 3.05) is 13.1 Å². The van der Waals surface area contributed by atoms with Gasteiger partial charge in [-0.3, -0.25) is 14.4 Å². The smallest absolute Gasteiger partial charge is 0.258 e. The Morgan fingerprint density at radius 3 is 2.82 bits per heavy atom. The Labute approximate surface area is 166 Å². The average Bonchev–Trinajstić information content (AvgIpc) is 3.24. The minimum Gasteiger partial charge on any atom is -0.352 e. The Morgan fingerprint density at radius 2 is 2.07 bits per heavy atom. The van der Waals surface area contributed by atoms with E-state index in [1.807, 2.05) is 18.4 Å². The van der Waals surface area contributed by atoms with Gasteiger partial charge in [0.1, 0.15) is 5.82 Å². The van der Waals surface area contributed by atoms with Gasteiger partial charge in [0, 0.05) is 30.5 Å². The predicted octanol–water partition coefficient (Wildman–Crippen LogP) is 2.54. The highest BCUT2D eigenvalue weighted by Crippen LogP contribution is 2.09. The number of para-hydroxylation sites is 1. The van der Waals surface area contributed by atoms with Crippen molar-refractivity contribution in [1.29, 1.82) is 0 Å². The summed E-state index contributed by atoms with van der Waals surface area (Å²) < 4.78 is 0. The van der Waals surface area contributed by atoms with E-state index in [9.17, 15) is 14.4 Å². The number of carbonyl (C=O) groups is 2. The number of nitrogens with zero attached hydrogens (tertiary/aromatic N) is 2. The number of nitrogens with one attached hydrogen (secondary N) is 2. The van der Waals surface area contributed by atoms with Crippen LogP contribution in [0.5, 0.6) is 0 Å². The van der Waals surface area contributed by atoms with Crippen LogP contribution in [0.25, 0.3) is 10.9 Å². The van der Waals surface area contributed by atoms with E-state index < -0.39 is 0 Å². The van der Waals surface area contributed by atoms with Crippen molar-refractivity contribution in [3.05, 3.63) is 62.8 Å². The number of hydrogen-bond acceptors (Lipinski definition) is 5. The second-order valence-corrected chi connectivity index (χ2v) is 7.09. The highest BCUT2D eigenvalue weighted by atomic mass is 32.1. The molecule has 0 atom stereocenters. The Balaban J connectivity index is 1.53. The lowest BCUT2D eigenvalue weighted by atomic mass is 10.2. The number of aromatic nitrogens is 2. The van der Waals surface area contributed by atoms with Crippen LogP contribution in [-0.2, 0) is 11.3 Å². The molecule has 1 aromatic carbocycles. The lowest BCUT2D eigenvalue weighted by Crippen LogP contribution is -2.32. The third-order valence-corrected chi connectivity index (χ3v) is 5.06. The van der Waals surface area contributed by atoms with Crippen molar-refractivity contribution < 1.29 is 9.59 Å². The first-order valence-electron chi connectivity index (χ1n) is 9.14. The summed E-state index contributed by atoms with van der Waals surface area (Å²) in [4.78, 5) is 45.4. The number of H-pyrrole nitrogens is 1. The maximum atomic E-state index is 12.5. The molecule has 3 aromatic rings.